The van der Waals surface area contributed by atoms with E-state index in [1.54, 1.807) is 13.2 Å². The molecular formula is C19H35N3O3. The number of unbranched alkanes of at least 4 members (excludes halogenated alkanes) is 2. The highest BCUT2D eigenvalue weighted by Crippen LogP contribution is 2.26. The van der Waals surface area contributed by atoms with E-state index in [0.29, 0.717) is 6.42 Å². The van der Waals surface area contributed by atoms with E-state index in [1.165, 1.54) is 0 Å². The summed E-state index contributed by atoms with van der Waals surface area (Å²) >= 11 is 0. The lowest BCUT2D eigenvalue weighted by Gasteiger charge is -2.23. The molecule has 0 saturated carbocycles. The first-order chi connectivity index (χ1) is 11.6. The molecule has 0 radical (unpaired) electrons. The molecule has 0 aromatic heterocycles. The Hall–Kier alpha value is -1.61. The summed E-state index contributed by atoms with van der Waals surface area (Å²) in [6.45, 7) is 7.52. The number of nitrogens with one attached hydrogen (secondary N) is 2. The molecule has 0 aliphatic heterocycles. The molecule has 0 aromatic carbocycles. The third kappa shape index (κ3) is 9.45. The number of aliphatic hydroxyl groups excluding tert-OH is 1. The first kappa shape index (κ1) is 23.4. The van der Waals surface area contributed by atoms with Crippen LogP contribution in [0.5, 0.6) is 0 Å². The van der Waals surface area contributed by atoms with Gasteiger partial charge in [0, 0.05) is 17.9 Å². The monoisotopic (exact) mass is 353 g/mol. The molecule has 0 saturated heterocycles. The fourth-order valence-corrected chi connectivity index (χ4v) is 2.82. The van der Waals surface area contributed by atoms with Crippen LogP contribution in [0.4, 0.5) is 0 Å². The van der Waals surface area contributed by atoms with Gasteiger partial charge in [0.25, 0.3) is 0 Å². The molecule has 0 aliphatic rings. The van der Waals surface area contributed by atoms with Crippen LogP contribution in [0.15, 0.2) is 0 Å². The molecule has 1 atom stereocenters. The molecule has 6 heteroatoms. The second-order valence-electron chi connectivity index (χ2n) is 8.06. The molecule has 0 rings (SSSR count). The minimum Gasteiger partial charge on any atom is -0.393 e. The van der Waals surface area contributed by atoms with Crippen molar-refractivity contribution in [3.05, 3.63) is 0 Å². The number of carbonyl (C=O) groups excluding carboxylic acids is 2. The van der Waals surface area contributed by atoms with Gasteiger partial charge < -0.3 is 10.4 Å². The van der Waals surface area contributed by atoms with Crippen molar-refractivity contribution >= 4 is 11.8 Å². The summed E-state index contributed by atoms with van der Waals surface area (Å²) in [5.41, 5.74) is -0.929. The lowest BCUT2D eigenvalue weighted by atomic mass is 9.85. The Morgan fingerprint density at radius 3 is 1.80 bits per heavy atom. The molecule has 0 bridgehead atoms. The number of hydrogen-bond donors (Lipinski definition) is 3. The van der Waals surface area contributed by atoms with Crippen molar-refractivity contribution in [3.8, 4) is 6.19 Å². The first-order valence-corrected chi connectivity index (χ1v) is 9.16. The van der Waals surface area contributed by atoms with E-state index >= 15 is 0 Å². The smallest absolute Gasteiger partial charge is 0.238 e. The fourth-order valence-electron chi connectivity index (χ4n) is 2.82. The van der Waals surface area contributed by atoms with Crippen LogP contribution in [0.1, 0.15) is 79.1 Å². The molecule has 3 N–H and O–H groups in total. The number of rotatable bonds is 12. The first-order valence-electron chi connectivity index (χ1n) is 9.16. The van der Waals surface area contributed by atoms with E-state index in [0.717, 1.165) is 44.9 Å². The predicted octanol–water partition coefficient (Wildman–Crippen LogP) is 2.86. The molecule has 25 heavy (non-hydrogen) atoms. The van der Waals surface area contributed by atoms with Gasteiger partial charge in [-0.25, -0.2) is 0 Å². The third-order valence-electron chi connectivity index (χ3n) is 4.80. The van der Waals surface area contributed by atoms with Gasteiger partial charge in [-0.3, -0.25) is 14.9 Å². The number of nitriles is 1. The van der Waals surface area contributed by atoms with Crippen molar-refractivity contribution in [2.45, 2.75) is 85.2 Å². The maximum absolute atomic E-state index is 11.7. The molecule has 0 heterocycles. The van der Waals surface area contributed by atoms with Gasteiger partial charge in [-0.05, 0) is 25.7 Å². The van der Waals surface area contributed by atoms with Crippen molar-refractivity contribution < 1.29 is 14.7 Å². The quantitative estimate of drug-likeness (QED) is 0.285. The van der Waals surface area contributed by atoms with Crippen LogP contribution in [0, 0.1) is 22.3 Å². The van der Waals surface area contributed by atoms with Crippen molar-refractivity contribution in [2.24, 2.45) is 10.8 Å². The van der Waals surface area contributed by atoms with E-state index in [-0.39, 0.29) is 23.3 Å². The Balaban J connectivity index is 3.89. The van der Waals surface area contributed by atoms with Gasteiger partial charge in [0.05, 0.1) is 6.10 Å². The molecule has 6 nitrogen and oxygen atoms in total. The lowest BCUT2D eigenvalue weighted by molar-refractivity contribution is -0.129. The van der Waals surface area contributed by atoms with Gasteiger partial charge in [0.15, 0.2) is 6.19 Å². The van der Waals surface area contributed by atoms with Gasteiger partial charge in [-0.1, -0.05) is 53.4 Å². The largest absolute Gasteiger partial charge is 0.393 e. The molecule has 0 spiro atoms. The number of amides is 2. The van der Waals surface area contributed by atoms with Crippen LogP contribution in [0.25, 0.3) is 0 Å². The van der Waals surface area contributed by atoms with Crippen molar-refractivity contribution in [3.63, 3.8) is 0 Å². The summed E-state index contributed by atoms with van der Waals surface area (Å²) in [6.07, 6.45) is 7.80. The van der Waals surface area contributed by atoms with E-state index in [9.17, 15) is 14.7 Å². The molecular weight excluding hydrogens is 318 g/mol. The zero-order valence-corrected chi connectivity index (χ0v) is 16.4. The van der Waals surface area contributed by atoms with Gasteiger partial charge >= 0.3 is 0 Å². The van der Waals surface area contributed by atoms with Crippen molar-refractivity contribution in [1.82, 2.24) is 10.6 Å². The standard InChI is InChI=1S/C19H35N3O3/c1-18(2,16(24)21-5)12-8-6-10-15(23)11-7-9-13-19(3,4)17(25)22-14-20/h15,23H,6-13H2,1-5H3,(H,21,24)(H,22,25). The molecule has 144 valence electrons. The topological polar surface area (TPSA) is 102 Å². The molecule has 1 unspecified atom stereocenters. The van der Waals surface area contributed by atoms with Crippen LogP contribution in [-0.2, 0) is 9.59 Å². The zero-order chi connectivity index (χ0) is 19.5. The van der Waals surface area contributed by atoms with E-state index in [1.807, 2.05) is 27.7 Å². The lowest BCUT2D eigenvalue weighted by Crippen LogP contribution is -2.34. The minimum absolute atomic E-state index is 0.0519. The van der Waals surface area contributed by atoms with Gasteiger partial charge in [-0.2, -0.15) is 5.26 Å². The minimum atomic E-state index is -0.563. The SMILES string of the molecule is CNC(=O)C(C)(C)CCCCC(O)CCCCC(C)(C)C(=O)NC#N. The zero-order valence-electron chi connectivity index (χ0n) is 16.4. The van der Waals surface area contributed by atoms with Crippen LogP contribution < -0.4 is 10.6 Å². The maximum Gasteiger partial charge on any atom is 0.238 e. The molecule has 0 aliphatic carbocycles. The van der Waals surface area contributed by atoms with Crippen LogP contribution in [-0.4, -0.2) is 30.1 Å². The normalized spacial score (nSPS) is 13.0. The Morgan fingerprint density at radius 2 is 1.40 bits per heavy atom. The average molecular weight is 354 g/mol. The summed E-state index contributed by atoms with van der Waals surface area (Å²) in [5, 5.41) is 23.4. The van der Waals surface area contributed by atoms with Gasteiger partial charge in [0.2, 0.25) is 11.8 Å². The predicted molar refractivity (Wildman–Crippen MR) is 98.3 cm³/mol. The van der Waals surface area contributed by atoms with E-state index in [4.69, 9.17) is 5.26 Å². The highest BCUT2D eigenvalue weighted by atomic mass is 16.3. The van der Waals surface area contributed by atoms with Crippen molar-refractivity contribution in [2.75, 3.05) is 7.05 Å². The van der Waals surface area contributed by atoms with E-state index in [2.05, 4.69) is 10.6 Å². The number of hydrogen-bond acceptors (Lipinski definition) is 4. The summed E-state index contributed by atoms with van der Waals surface area (Å²) in [5.74, 6) is -0.203. The Labute approximate surface area is 152 Å². The highest BCUT2D eigenvalue weighted by molar-refractivity contribution is 5.83. The summed E-state index contributed by atoms with van der Waals surface area (Å²) < 4.78 is 0. The maximum atomic E-state index is 11.7. The second-order valence-corrected chi connectivity index (χ2v) is 8.06. The molecule has 2 amide bonds. The fraction of sp³-hybridized carbons (Fsp3) is 0.842. The van der Waals surface area contributed by atoms with Gasteiger partial charge in [0.1, 0.15) is 0 Å². The Morgan fingerprint density at radius 1 is 0.960 bits per heavy atom. The number of aliphatic hydroxyl groups is 1. The van der Waals surface area contributed by atoms with Crippen LogP contribution in [0.3, 0.4) is 0 Å². The second kappa shape index (κ2) is 11.1. The third-order valence-corrected chi connectivity index (χ3v) is 4.80. The molecule has 0 aromatic rings. The Kier molecular flexibility index (Phi) is 10.4. The number of nitrogens with zero attached hydrogens (tertiary/aromatic N) is 1. The summed E-state index contributed by atoms with van der Waals surface area (Å²) in [7, 11) is 1.65. The van der Waals surface area contributed by atoms with Crippen LogP contribution in [0.2, 0.25) is 0 Å². The van der Waals surface area contributed by atoms with Gasteiger partial charge in [-0.15, -0.1) is 0 Å². The van der Waals surface area contributed by atoms with Crippen molar-refractivity contribution in [1.29, 1.82) is 5.26 Å². The van der Waals surface area contributed by atoms with E-state index < -0.39 is 5.41 Å². The molecule has 0 fully saturated rings. The average Bonchev–Trinajstić information content (AvgIpc) is 2.55. The summed E-state index contributed by atoms with van der Waals surface area (Å²) in [4.78, 5) is 23.4. The number of carbonyl (C=O) groups is 2. The summed E-state index contributed by atoms with van der Waals surface area (Å²) in [6, 6.07) is 0. The van der Waals surface area contributed by atoms with Crippen LogP contribution >= 0.6 is 0 Å². The highest BCUT2D eigenvalue weighted by Gasteiger charge is 2.27. The Bertz CT molecular complexity index is 467.